The number of carboxylic acids is 1. The smallest absolute Gasteiger partial charge is 0.328 e. The number of hydrogen-bond donors (Lipinski definition) is 1. The molecule has 3 aromatic rings. The Bertz CT molecular complexity index is 1370. The van der Waals surface area contributed by atoms with Crippen molar-refractivity contribution in [2.24, 2.45) is 0 Å². The lowest BCUT2D eigenvalue weighted by Gasteiger charge is -2.42. The van der Waals surface area contributed by atoms with Gasteiger partial charge in [0.2, 0.25) is 0 Å². The molecule has 0 fully saturated rings. The van der Waals surface area contributed by atoms with Crippen LogP contribution in [0.5, 0.6) is 17.2 Å². The van der Waals surface area contributed by atoms with Crippen molar-refractivity contribution in [2.75, 3.05) is 21.0 Å². The molecule has 0 radical (unpaired) electrons. The van der Waals surface area contributed by atoms with Crippen molar-refractivity contribution in [3.8, 4) is 28.4 Å². The van der Waals surface area contributed by atoms with Gasteiger partial charge in [0.05, 0.1) is 7.11 Å². The molecule has 0 saturated carbocycles. The van der Waals surface area contributed by atoms with Crippen molar-refractivity contribution in [2.45, 2.75) is 58.0 Å². The molecule has 0 atom stereocenters. The summed E-state index contributed by atoms with van der Waals surface area (Å²) in [5, 5.41) is 9.15. The fourth-order valence-electron chi connectivity index (χ4n) is 5.17. The Morgan fingerprint density at radius 2 is 1.51 bits per heavy atom. The monoisotopic (exact) mass is 530 g/mol. The Kier molecular flexibility index (Phi) is 8.36. The van der Waals surface area contributed by atoms with Crippen LogP contribution < -0.4 is 14.2 Å². The summed E-state index contributed by atoms with van der Waals surface area (Å²) in [7, 11) is 3.23. The van der Waals surface area contributed by atoms with Gasteiger partial charge in [0.1, 0.15) is 23.9 Å². The predicted molar refractivity (Wildman–Crippen MR) is 154 cm³/mol. The van der Waals surface area contributed by atoms with E-state index in [0.29, 0.717) is 18.1 Å². The first-order chi connectivity index (χ1) is 18.6. The van der Waals surface area contributed by atoms with Crippen molar-refractivity contribution in [3.05, 3.63) is 82.9 Å². The first-order valence-corrected chi connectivity index (χ1v) is 13.2. The Morgan fingerprint density at radius 1 is 0.846 bits per heavy atom. The van der Waals surface area contributed by atoms with E-state index < -0.39 is 5.97 Å². The largest absolute Gasteiger partial charge is 0.496 e. The average Bonchev–Trinajstić information content (AvgIpc) is 2.92. The van der Waals surface area contributed by atoms with Gasteiger partial charge in [-0.25, -0.2) is 4.79 Å². The molecule has 0 aromatic heterocycles. The Balaban J connectivity index is 1.87. The maximum Gasteiger partial charge on any atom is 0.328 e. The molecule has 0 heterocycles. The van der Waals surface area contributed by atoms with E-state index in [4.69, 9.17) is 24.1 Å². The number of ether oxygens (including phenoxy) is 4. The molecular formula is C33H38O6. The molecule has 6 heteroatoms. The van der Waals surface area contributed by atoms with E-state index in [1.807, 2.05) is 42.5 Å². The Morgan fingerprint density at radius 3 is 2.18 bits per heavy atom. The van der Waals surface area contributed by atoms with E-state index in [2.05, 4.69) is 39.8 Å². The zero-order valence-electron chi connectivity index (χ0n) is 23.7. The average molecular weight is 531 g/mol. The lowest BCUT2D eigenvalue weighted by molar-refractivity contribution is -0.131. The second-order valence-electron chi connectivity index (χ2n) is 11.2. The van der Waals surface area contributed by atoms with E-state index in [-0.39, 0.29) is 17.6 Å². The third-order valence-corrected chi connectivity index (χ3v) is 7.57. The molecule has 1 N–H and O–H groups in total. The van der Waals surface area contributed by atoms with E-state index in [0.717, 1.165) is 46.9 Å². The standard InChI is InChI=1S/C33H38O6/c1-32(2)15-16-33(3,4)27-19-30(38-20-23-9-7-8-10-28(23)39-21-36-5)25(18-26(27)32)24-17-22(12-14-31(34)35)11-13-29(24)37-6/h7-14,17-19H,15-16,20-21H2,1-6H3,(H,34,35)/b14-12+. The van der Waals surface area contributed by atoms with Gasteiger partial charge in [-0.2, -0.15) is 0 Å². The number of methoxy groups -OCH3 is 2. The minimum absolute atomic E-state index is 0.00284. The van der Waals surface area contributed by atoms with Crippen LogP contribution in [0.2, 0.25) is 0 Å². The zero-order valence-corrected chi connectivity index (χ0v) is 23.7. The highest BCUT2D eigenvalue weighted by Crippen LogP contribution is 2.50. The van der Waals surface area contributed by atoms with E-state index in [9.17, 15) is 4.79 Å². The topological polar surface area (TPSA) is 74.2 Å². The van der Waals surface area contributed by atoms with Crippen molar-refractivity contribution in [1.82, 2.24) is 0 Å². The molecule has 1 aliphatic carbocycles. The molecule has 39 heavy (non-hydrogen) atoms. The number of hydrogen-bond acceptors (Lipinski definition) is 5. The molecule has 6 nitrogen and oxygen atoms in total. The van der Waals surface area contributed by atoms with Gasteiger partial charge < -0.3 is 24.1 Å². The summed E-state index contributed by atoms with van der Waals surface area (Å²) in [4.78, 5) is 11.2. The molecule has 0 saturated heterocycles. The lowest BCUT2D eigenvalue weighted by atomic mass is 9.62. The maximum atomic E-state index is 11.2. The molecule has 1 aliphatic rings. The van der Waals surface area contributed by atoms with Gasteiger partial charge in [-0.3, -0.25) is 0 Å². The summed E-state index contributed by atoms with van der Waals surface area (Å²) in [5.41, 5.74) is 5.96. The van der Waals surface area contributed by atoms with Gasteiger partial charge in [-0.1, -0.05) is 52.0 Å². The summed E-state index contributed by atoms with van der Waals surface area (Å²) in [6.45, 7) is 9.61. The number of carbonyl (C=O) groups is 1. The number of rotatable bonds is 10. The van der Waals surface area contributed by atoms with Crippen LogP contribution in [0.1, 0.15) is 62.8 Å². The predicted octanol–water partition coefficient (Wildman–Crippen LogP) is 7.37. The molecule has 4 rings (SSSR count). The number of para-hydroxylation sites is 1. The highest BCUT2D eigenvalue weighted by molar-refractivity contribution is 5.86. The van der Waals surface area contributed by atoms with Crippen molar-refractivity contribution in [1.29, 1.82) is 0 Å². The molecule has 0 amide bonds. The van der Waals surface area contributed by atoms with Crippen LogP contribution in [0, 0.1) is 0 Å². The Labute approximate surface area is 231 Å². The minimum Gasteiger partial charge on any atom is -0.496 e. The fourth-order valence-corrected chi connectivity index (χ4v) is 5.17. The van der Waals surface area contributed by atoms with Gasteiger partial charge in [-0.05, 0) is 76.8 Å². The van der Waals surface area contributed by atoms with E-state index in [1.165, 1.54) is 11.1 Å². The van der Waals surface area contributed by atoms with Crippen LogP contribution in [0.4, 0.5) is 0 Å². The van der Waals surface area contributed by atoms with Crippen molar-refractivity contribution >= 4 is 12.0 Å². The first-order valence-electron chi connectivity index (χ1n) is 13.2. The molecule has 3 aromatic carbocycles. The zero-order chi connectivity index (χ0) is 28.2. The number of carboxylic acid groups (broad SMARTS) is 1. The summed E-state index contributed by atoms with van der Waals surface area (Å²) in [6.07, 6.45) is 4.88. The fraction of sp³-hybridized carbons (Fsp3) is 0.364. The maximum absolute atomic E-state index is 11.2. The number of benzene rings is 3. The quantitative estimate of drug-likeness (QED) is 0.218. The highest BCUT2D eigenvalue weighted by Gasteiger charge is 2.38. The second kappa shape index (κ2) is 11.5. The Hall–Kier alpha value is -3.77. The van der Waals surface area contributed by atoms with E-state index >= 15 is 0 Å². The number of aliphatic carboxylic acids is 1. The van der Waals surface area contributed by atoms with Gasteiger partial charge in [-0.15, -0.1) is 0 Å². The second-order valence-corrected chi connectivity index (χ2v) is 11.2. The van der Waals surface area contributed by atoms with Crippen LogP contribution in [0.25, 0.3) is 17.2 Å². The van der Waals surface area contributed by atoms with Gasteiger partial charge in [0.15, 0.2) is 6.79 Å². The molecule has 0 spiro atoms. The number of fused-ring (bicyclic) bond motifs is 1. The first kappa shape index (κ1) is 28.2. The van der Waals surface area contributed by atoms with Gasteiger partial charge >= 0.3 is 5.97 Å². The lowest BCUT2D eigenvalue weighted by Crippen LogP contribution is -2.33. The minimum atomic E-state index is -0.997. The van der Waals surface area contributed by atoms with Crippen LogP contribution in [0.3, 0.4) is 0 Å². The molecule has 0 aliphatic heterocycles. The normalized spacial score (nSPS) is 15.5. The summed E-state index contributed by atoms with van der Waals surface area (Å²) in [6, 6.07) is 17.8. The highest BCUT2D eigenvalue weighted by atomic mass is 16.7. The summed E-state index contributed by atoms with van der Waals surface area (Å²) < 4.78 is 23.2. The molecule has 0 unspecified atom stereocenters. The van der Waals surface area contributed by atoms with Crippen molar-refractivity contribution in [3.63, 3.8) is 0 Å². The third kappa shape index (κ3) is 6.28. The van der Waals surface area contributed by atoms with Crippen LogP contribution in [-0.4, -0.2) is 32.1 Å². The molecule has 206 valence electrons. The summed E-state index contributed by atoms with van der Waals surface area (Å²) in [5.74, 6) is 1.13. The third-order valence-electron chi connectivity index (χ3n) is 7.57. The molecular weight excluding hydrogens is 492 g/mol. The van der Waals surface area contributed by atoms with Crippen molar-refractivity contribution < 1.29 is 28.8 Å². The SMILES string of the molecule is COCOc1ccccc1COc1cc2c(cc1-c1cc(/C=C/C(=O)O)ccc1OC)C(C)(C)CCC2(C)C. The molecule has 0 bridgehead atoms. The van der Waals surface area contributed by atoms with Gasteiger partial charge in [0, 0.05) is 29.9 Å². The van der Waals surface area contributed by atoms with Crippen LogP contribution in [0.15, 0.2) is 60.7 Å². The van der Waals surface area contributed by atoms with Gasteiger partial charge in [0.25, 0.3) is 0 Å². The van der Waals surface area contributed by atoms with Crippen LogP contribution in [-0.2, 0) is 27.0 Å². The summed E-state index contributed by atoms with van der Waals surface area (Å²) >= 11 is 0. The van der Waals surface area contributed by atoms with Crippen LogP contribution >= 0.6 is 0 Å². The van der Waals surface area contributed by atoms with E-state index in [1.54, 1.807) is 20.3 Å².